The number of rotatable bonds is 8. The number of hydrogen-bond acceptors (Lipinski definition) is 5. The molecule has 0 aliphatic heterocycles. The summed E-state index contributed by atoms with van der Waals surface area (Å²) in [5.74, 6) is 0.866. The van der Waals surface area contributed by atoms with Crippen molar-refractivity contribution in [2.75, 3.05) is 11.9 Å². The van der Waals surface area contributed by atoms with Gasteiger partial charge in [-0.25, -0.2) is 0 Å². The van der Waals surface area contributed by atoms with Crippen LogP contribution < -0.4 is 10.1 Å². The van der Waals surface area contributed by atoms with Crippen LogP contribution in [0.25, 0.3) is 0 Å². The highest BCUT2D eigenvalue weighted by molar-refractivity contribution is 7.15. The zero-order valence-electron chi connectivity index (χ0n) is 12.9. The van der Waals surface area contributed by atoms with Crippen LogP contribution in [-0.2, 0) is 11.2 Å². The smallest absolute Gasteiger partial charge is 0.229 e. The molecule has 0 aliphatic rings. The van der Waals surface area contributed by atoms with Gasteiger partial charge in [0.05, 0.1) is 6.61 Å². The lowest BCUT2D eigenvalue weighted by Gasteiger charge is -2.06. The Morgan fingerprint density at radius 2 is 2.09 bits per heavy atom. The number of carbonyl (C=O) groups excluding carboxylic acids is 1. The number of para-hydroxylation sites is 1. The summed E-state index contributed by atoms with van der Waals surface area (Å²) in [7, 11) is 0. The molecule has 0 aliphatic carbocycles. The fourth-order valence-electron chi connectivity index (χ4n) is 1.75. The molecule has 0 spiro atoms. The number of ether oxygens (including phenoxy) is 1. The molecule has 6 heteroatoms. The maximum atomic E-state index is 11.8. The Kier molecular flexibility index (Phi) is 6.33. The minimum atomic E-state index is -0.00776. The average Bonchev–Trinajstić information content (AvgIpc) is 2.99. The van der Waals surface area contributed by atoms with Crippen LogP contribution in [0.15, 0.2) is 30.3 Å². The van der Waals surface area contributed by atoms with Crippen molar-refractivity contribution in [3.8, 4) is 5.75 Å². The Labute approximate surface area is 134 Å². The highest BCUT2D eigenvalue weighted by Gasteiger charge is 2.13. The van der Waals surface area contributed by atoms with Gasteiger partial charge in [-0.05, 0) is 25.0 Å². The summed E-state index contributed by atoms with van der Waals surface area (Å²) in [5.41, 5.74) is 0. The molecular formula is C16H21N3O2S. The molecule has 0 saturated heterocycles. The first-order valence-electron chi connectivity index (χ1n) is 7.50. The second-order valence-corrected chi connectivity index (χ2v) is 6.13. The van der Waals surface area contributed by atoms with Gasteiger partial charge in [-0.2, -0.15) is 0 Å². The van der Waals surface area contributed by atoms with Crippen LogP contribution in [0, 0.1) is 5.92 Å². The molecule has 22 heavy (non-hydrogen) atoms. The lowest BCUT2D eigenvalue weighted by Crippen LogP contribution is -2.19. The van der Waals surface area contributed by atoms with Gasteiger partial charge in [0.15, 0.2) is 0 Å². The topological polar surface area (TPSA) is 64.1 Å². The van der Waals surface area contributed by atoms with Gasteiger partial charge in [0.2, 0.25) is 11.0 Å². The number of hydrogen-bond donors (Lipinski definition) is 1. The molecule has 0 bridgehead atoms. The normalized spacial score (nSPS) is 11.9. The quantitative estimate of drug-likeness (QED) is 0.756. The first-order valence-corrected chi connectivity index (χ1v) is 8.31. The third-order valence-electron chi connectivity index (χ3n) is 3.30. The van der Waals surface area contributed by atoms with E-state index in [0.717, 1.165) is 30.0 Å². The zero-order valence-corrected chi connectivity index (χ0v) is 13.7. The van der Waals surface area contributed by atoms with Crippen molar-refractivity contribution in [1.29, 1.82) is 0 Å². The van der Waals surface area contributed by atoms with E-state index in [0.29, 0.717) is 11.7 Å². The zero-order chi connectivity index (χ0) is 15.8. The third kappa shape index (κ3) is 5.11. The number of anilines is 1. The van der Waals surface area contributed by atoms with Gasteiger partial charge in [-0.15, -0.1) is 10.2 Å². The number of carbonyl (C=O) groups is 1. The van der Waals surface area contributed by atoms with Gasteiger partial charge in [0.1, 0.15) is 10.8 Å². The summed E-state index contributed by atoms with van der Waals surface area (Å²) >= 11 is 1.43. The Bertz CT molecular complexity index is 586. The molecule has 0 fully saturated rings. The third-order valence-corrected chi connectivity index (χ3v) is 4.20. The Balaban J connectivity index is 1.72. The molecule has 1 atom stereocenters. The van der Waals surface area contributed by atoms with E-state index < -0.39 is 0 Å². The van der Waals surface area contributed by atoms with E-state index in [9.17, 15) is 4.79 Å². The molecule has 0 radical (unpaired) electrons. The van der Waals surface area contributed by atoms with Crippen LogP contribution in [0.4, 0.5) is 5.13 Å². The maximum absolute atomic E-state index is 11.8. The van der Waals surface area contributed by atoms with Crippen LogP contribution in [0.5, 0.6) is 5.75 Å². The van der Waals surface area contributed by atoms with Gasteiger partial charge in [-0.3, -0.25) is 4.79 Å². The summed E-state index contributed by atoms with van der Waals surface area (Å²) < 4.78 is 5.63. The summed E-state index contributed by atoms with van der Waals surface area (Å²) in [5, 5.41) is 12.4. The number of aromatic nitrogens is 2. The van der Waals surface area contributed by atoms with E-state index in [-0.39, 0.29) is 11.8 Å². The predicted octanol–water partition coefficient (Wildman–Crippen LogP) is 3.53. The van der Waals surface area contributed by atoms with Crippen molar-refractivity contribution in [3.05, 3.63) is 35.3 Å². The average molecular weight is 319 g/mol. The molecule has 1 heterocycles. The van der Waals surface area contributed by atoms with Crippen molar-refractivity contribution in [2.45, 2.75) is 33.1 Å². The van der Waals surface area contributed by atoms with Crippen molar-refractivity contribution < 1.29 is 9.53 Å². The largest absolute Gasteiger partial charge is 0.494 e. The first-order chi connectivity index (χ1) is 10.7. The molecule has 1 N–H and O–H groups in total. The molecule has 118 valence electrons. The molecule has 2 aromatic rings. The van der Waals surface area contributed by atoms with Crippen LogP contribution >= 0.6 is 11.3 Å². The Hall–Kier alpha value is -1.95. The molecule has 1 amide bonds. The summed E-state index contributed by atoms with van der Waals surface area (Å²) in [6.45, 7) is 4.53. The van der Waals surface area contributed by atoms with Gasteiger partial charge in [-0.1, -0.05) is 43.4 Å². The van der Waals surface area contributed by atoms with Crippen LogP contribution in [-0.4, -0.2) is 22.7 Å². The fourth-order valence-corrected chi connectivity index (χ4v) is 2.53. The second kappa shape index (κ2) is 8.48. The Morgan fingerprint density at radius 3 is 2.82 bits per heavy atom. The maximum Gasteiger partial charge on any atom is 0.229 e. The molecule has 0 saturated carbocycles. The first kappa shape index (κ1) is 16.4. The van der Waals surface area contributed by atoms with E-state index in [1.807, 2.05) is 44.2 Å². The van der Waals surface area contributed by atoms with Crippen molar-refractivity contribution >= 4 is 22.4 Å². The number of benzene rings is 1. The van der Waals surface area contributed by atoms with Gasteiger partial charge in [0.25, 0.3) is 0 Å². The molecule has 2 rings (SSSR count). The summed E-state index contributed by atoms with van der Waals surface area (Å²) in [6, 6.07) is 9.74. The molecule has 1 unspecified atom stereocenters. The van der Waals surface area contributed by atoms with E-state index in [1.54, 1.807) is 0 Å². The number of aryl methyl sites for hydroxylation is 1. The number of amides is 1. The molecule has 5 nitrogen and oxygen atoms in total. The molecule has 1 aromatic heterocycles. The summed E-state index contributed by atoms with van der Waals surface area (Å²) in [6.07, 6.45) is 2.47. The minimum Gasteiger partial charge on any atom is -0.494 e. The van der Waals surface area contributed by atoms with Gasteiger partial charge >= 0.3 is 0 Å². The van der Waals surface area contributed by atoms with Crippen LogP contribution in [0.2, 0.25) is 0 Å². The fraction of sp³-hybridized carbons (Fsp3) is 0.438. The second-order valence-electron chi connectivity index (χ2n) is 5.06. The highest BCUT2D eigenvalue weighted by Crippen LogP contribution is 2.18. The van der Waals surface area contributed by atoms with Gasteiger partial charge < -0.3 is 10.1 Å². The van der Waals surface area contributed by atoms with Crippen molar-refractivity contribution in [1.82, 2.24) is 10.2 Å². The number of nitrogens with one attached hydrogen (secondary N) is 1. The van der Waals surface area contributed by atoms with E-state index in [1.165, 1.54) is 11.3 Å². The van der Waals surface area contributed by atoms with Crippen LogP contribution in [0.3, 0.4) is 0 Å². The lowest BCUT2D eigenvalue weighted by atomic mass is 10.1. The van der Waals surface area contributed by atoms with E-state index >= 15 is 0 Å². The molecule has 1 aromatic carbocycles. The van der Waals surface area contributed by atoms with E-state index in [2.05, 4.69) is 15.5 Å². The van der Waals surface area contributed by atoms with E-state index in [4.69, 9.17) is 4.74 Å². The predicted molar refractivity (Wildman–Crippen MR) is 88.3 cm³/mol. The summed E-state index contributed by atoms with van der Waals surface area (Å²) in [4.78, 5) is 11.8. The monoisotopic (exact) mass is 319 g/mol. The van der Waals surface area contributed by atoms with Gasteiger partial charge in [0, 0.05) is 12.3 Å². The minimum absolute atomic E-state index is 0.00221. The highest BCUT2D eigenvalue weighted by atomic mass is 32.1. The molecular weight excluding hydrogens is 298 g/mol. The lowest BCUT2D eigenvalue weighted by molar-refractivity contribution is -0.119. The van der Waals surface area contributed by atoms with Crippen molar-refractivity contribution in [2.24, 2.45) is 5.92 Å². The Morgan fingerprint density at radius 1 is 1.32 bits per heavy atom. The van der Waals surface area contributed by atoms with Crippen LogP contribution in [0.1, 0.15) is 31.7 Å². The van der Waals surface area contributed by atoms with Crippen molar-refractivity contribution in [3.63, 3.8) is 0 Å². The number of nitrogens with zero attached hydrogens (tertiary/aromatic N) is 2. The SMILES string of the molecule is CCC(C)C(=O)Nc1nnc(CCCOc2ccccc2)s1. The standard InChI is InChI=1S/C16H21N3O2S/c1-3-12(2)15(20)17-16-19-18-14(22-16)10-7-11-21-13-8-5-4-6-9-13/h4-6,8-9,12H,3,7,10-11H2,1-2H3,(H,17,19,20).